The largest absolute Gasteiger partial charge is 0.385 e. The molecule has 2 rings (SSSR count). The molecule has 0 heterocycles. The Morgan fingerprint density at radius 3 is 2.74 bits per heavy atom. The van der Waals surface area contributed by atoms with Gasteiger partial charge in [-0.2, -0.15) is 0 Å². The van der Waals surface area contributed by atoms with E-state index in [1.807, 2.05) is 0 Å². The summed E-state index contributed by atoms with van der Waals surface area (Å²) < 4.78 is 10.8. The topological polar surface area (TPSA) is 30.5 Å². The van der Waals surface area contributed by atoms with Crippen LogP contribution in [0.25, 0.3) is 0 Å². The van der Waals surface area contributed by atoms with Gasteiger partial charge in [0.2, 0.25) is 0 Å². The lowest BCUT2D eigenvalue weighted by Crippen LogP contribution is -2.39. The molecule has 2 saturated carbocycles. The second-order valence-corrected chi connectivity index (χ2v) is 6.43. The van der Waals surface area contributed by atoms with Gasteiger partial charge in [0.15, 0.2) is 0 Å². The standard InChI is InChI=1S/C16H31NO2/c1-3-17-13-16(7-10-19-9-4-8-18-2)12-14-5-6-15(16)11-14/h14-15,17H,3-13H2,1-2H3. The van der Waals surface area contributed by atoms with Crippen molar-refractivity contribution in [2.45, 2.75) is 45.4 Å². The van der Waals surface area contributed by atoms with Crippen LogP contribution in [0.1, 0.15) is 45.4 Å². The van der Waals surface area contributed by atoms with Crippen LogP contribution < -0.4 is 5.32 Å². The molecule has 1 N–H and O–H groups in total. The minimum absolute atomic E-state index is 0.542. The van der Waals surface area contributed by atoms with Crippen molar-refractivity contribution < 1.29 is 9.47 Å². The summed E-state index contributed by atoms with van der Waals surface area (Å²) in [6.07, 6.45) is 8.12. The maximum Gasteiger partial charge on any atom is 0.0487 e. The molecule has 0 spiro atoms. The van der Waals surface area contributed by atoms with Crippen molar-refractivity contribution in [3.05, 3.63) is 0 Å². The maximum absolute atomic E-state index is 5.80. The minimum atomic E-state index is 0.542. The molecule has 112 valence electrons. The van der Waals surface area contributed by atoms with Gasteiger partial charge in [-0.05, 0) is 55.9 Å². The number of ether oxygens (including phenoxy) is 2. The van der Waals surface area contributed by atoms with E-state index in [9.17, 15) is 0 Å². The van der Waals surface area contributed by atoms with Crippen LogP contribution in [-0.4, -0.2) is 40.0 Å². The molecule has 0 amide bonds. The number of rotatable bonds is 10. The molecular weight excluding hydrogens is 238 g/mol. The molecule has 0 aromatic heterocycles. The first-order valence-corrected chi connectivity index (χ1v) is 8.08. The van der Waals surface area contributed by atoms with E-state index in [4.69, 9.17) is 9.47 Å². The van der Waals surface area contributed by atoms with Gasteiger partial charge in [-0.15, -0.1) is 0 Å². The van der Waals surface area contributed by atoms with Gasteiger partial charge < -0.3 is 14.8 Å². The van der Waals surface area contributed by atoms with Crippen LogP contribution in [0.3, 0.4) is 0 Å². The summed E-state index contributed by atoms with van der Waals surface area (Å²) in [5.74, 6) is 1.97. The molecule has 3 nitrogen and oxygen atoms in total. The van der Waals surface area contributed by atoms with Crippen LogP contribution in [0.4, 0.5) is 0 Å². The third-order valence-electron chi connectivity index (χ3n) is 5.21. The fourth-order valence-electron chi connectivity index (χ4n) is 4.23. The highest BCUT2D eigenvalue weighted by Gasteiger charge is 2.49. The van der Waals surface area contributed by atoms with E-state index < -0.39 is 0 Å². The van der Waals surface area contributed by atoms with E-state index >= 15 is 0 Å². The quantitative estimate of drug-likeness (QED) is 0.619. The van der Waals surface area contributed by atoms with Gasteiger partial charge in [0.25, 0.3) is 0 Å². The molecule has 19 heavy (non-hydrogen) atoms. The van der Waals surface area contributed by atoms with Crippen LogP contribution in [0.15, 0.2) is 0 Å². The summed E-state index contributed by atoms with van der Waals surface area (Å²) >= 11 is 0. The fourth-order valence-corrected chi connectivity index (χ4v) is 4.23. The van der Waals surface area contributed by atoms with Crippen LogP contribution in [0.2, 0.25) is 0 Å². The number of methoxy groups -OCH3 is 1. The minimum Gasteiger partial charge on any atom is -0.385 e. The van der Waals surface area contributed by atoms with E-state index in [0.717, 1.165) is 44.6 Å². The Kier molecular flexibility index (Phi) is 6.11. The molecule has 0 saturated heterocycles. The lowest BCUT2D eigenvalue weighted by atomic mass is 9.71. The highest BCUT2D eigenvalue weighted by atomic mass is 16.5. The van der Waals surface area contributed by atoms with Crippen molar-refractivity contribution >= 4 is 0 Å². The summed E-state index contributed by atoms with van der Waals surface area (Å²) in [5.41, 5.74) is 0.542. The molecule has 0 aromatic carbocycles. The van der Waals surface area contributed by atoms with Crippen molar-refractivity contribution in [1.29, 1.82) is 0 Å². The molecule has 2 aliphatic rings. The average Bonchev–Trinajstić information content (AvgIpc) is 3.01. The van der Waals surface area contributed by atoms with E-state index in [-0.39, 0.29) is 0 Å². The summed E-state index contributed by atoms with van der Waals surface area (Å²) in [6.45, 7) is 7.09. The molecule has 3 unspecified atom stereocenters. The summed E-state index contributed by atoms with van der Waals surface area (Å²) in [4.78, 5) is 0. The summed E-state index contributed by atoms with van der Waals surface area (Å²) in [6, 6.07) is 0. The first-order chi connectivity index (χ1) is 9.30. The van der Waals surface area contributed by atoms with Gasteiger partial charge in [-0.1, -0.05) is 13.3 Å². The van der Waals surface area contributed by atoms with Crippen molar-refractivity contribution in [3.8, 4) is 0 Å². The predicted octanol–water partition coefficient (Wildman–Crippen LogP) is 2.85. The molecule has 0 aliphatic heterocycles. The zero-order valence-electron chi connectivity index (χ0n) is 12.7. The van der Waals surface area contributed by atoms with Crippen molar-refractivity contribution in [2.75, 3.05) is 40.0 Å². The third-order valence-corrected chi connectivity index (χ3v) is 5.21. The lowest BCUT2D eigenvalue weighted by molar-refractivity contribution is 0.0535. The molecule has 3 atom stereocenters. The molecule has 3 heteroatoms. The lowest BCUT2D eigenvalue weighted by Gasteiger charge is -2.38. The number of hydrogen-bond acceptors (Lipinski definition) is 3. The third kappa shape index (κ3) is 3.93. The van der Waals surface area contributed by atoms with Crippen LogP contribution in [0, 0.1) is 17.3 Å². The van der Waals surface area contributed by atoms with E-state index in [1.165, 1.54) is 38.6 Å². The fraction of sp³-hybridized carbons (Fsp3) is 1.00. The van der Waals surface area contributed by atoms with E-state index in [1.54, 1.807) is 7.11 Å². The molecule has 2 bridgehead atoms. The Balaban J connectivity index is 1.72. The monoisotopic (exact) mass is 269 g/mol. The molecule has 2 fully saturated rings. The first-order valence-electron chi connectivity index (χ1n) is 8.08. The Labute approximate surface area is 118 Å². The van der Waals surface area contributed by atoms with Crippen molar-refractivity contribution in [2.24, 2.45) is 17.3 Å². The highest BCUT2D eigenvalue weighted by molar-refractivity contribution is 5.01. The SMILES string of the molecule is CCNCC1(CCOCCCOC)CC2CCC1C2. The van der Waals surface area contributed by atoms with E-state index in [0.29, 0.717) is 5.41 Å². The second-order valence-electron chi connectivity index (χ2n) is 6.43. The van der Waals surface area contributed by atoms with Crippen LogP contribution in [-0.2, 0) is 9.47 Å². The highest BCUT2D eigenvalue weighted by Crippen LogP contribution is 2.57. The summed E-state index contributed by atoms with van der Waals surface area (Å²) in [7, 11) is 1.75. The smallest absolute Gasteiger partial charge is 0.0487 e. The van der Waals surface area contributed by atoms with E-state index in [2.05, 4.69) is 12.2 Å². The Morgan fingerprint density at radius 2 is 2.11 bits per heavy atom. The Hall–Kier alpha value is -0.120. The summed E-state index contributed by atoms with van der Waals surface area (Å²) in [5, 5.41) is 3.60. The number of nitrogens with one attached hydrogen (secondary N) is 1. The van der Waals surface area contributed by atoms with Crippen molar-refractivity contribution in [1.82, 2.24) is 5.32 Å². The van der Waals surface area contributed by atoms with Crippen molar-refractivity contribution in [3.63, 3.8) is 0 Å². The van der Waals surface area contributed by atoms with Gasteiger partial charge in [-0.25, -0.2) is 0 Å². The van der Waals surface area contributed by atoms with Gasteiger partial charge in [-0.3, -0.25) is 0 Å². The van der Waals surface area contributed by atoms with Crippen LogP contribution in [0.5, 0.6) is 0 Å². The Morgan fingerprint density at radius 1 is 1.21 bits per heavy atom. The molecular formula is C16H31NO2. The van der Waals surface area contributed by atoms with Gasteiger partial charge in [0, 0.05) is 33.5 Å². The molecule has 0 aromatic rings. The van der Waals surface area contributed by atoms with Gasteiger partial charge in [0.05, 0.1) is 0 Å². The van der Waals surface area contributed by atoms with Crippen LogP contribution >= 0.6 is 0 Å². The molecule has 0 radical (unpaired) electrons. The maximum atomic E-state index is 5.80. The zero-order valence-corrected chi connectivity index (χ0v) is 12.7. The molecule has 2 aliphatic carbocycles. The predicted molar refractivity (Wildman–Crippen MR) is 78.4 cm³/mol. The normalized spacial score (nSPS) is 33.2. The first kappa shape index (κ1) is 15.3. The number of hydrogen-bond donors (Lipinski definition) is 1. The average molecular weight is 269 g/mol. The Bertz CT molecular complexity index is 259. The second kappa shape index (κ2) is 7.61. The zero-order chi connectivity index (χ0) is 13.6. The van der Waals surface area contributed by atoms with Gasteiger partial charge >= 0.3 is 0 Å². The number of fused-ring (bicyclic) bond motifs is 2. The van der Waals surface area contributed by atoms with Gasteiger partial charge in [0.1, 0.15) is 0 Å².